The van der Waals surface area contributed by atoms with Crippen molar-refractivity contribution >= 4 is 260 Å². The van der Waals surface area contributed by atoms with E-state index in [2.05, 4.69) is 137 Å². The van der Waals surface area contributed by atoms with Gasteiger partial charge in [-0.25, -0.2) is 9.97 Å². The van der Waals surface area contributed by atoms with Gasteiger partial charge in [-0.15, -0.1) is 0 Å². The Hall–Kier alpha value is 0.159. The van der Waals surface area contributed by atoms with E-state index in [-0.39, 0.29) is 17.1 Å². The third-order valence-electron chi connectivity index (χ3n) is 10.2. The maximum atomic E-state index is 7.13. The summed E-state index contributed by atoms with van der Waals surface area (Å²) in [5.41, 5.74) is 7.90. The normalized spacial score (nSPS) is 12.7. The molecule has 5 heterocycles. The summed E-state index contributed by atoms with van der Waals surface area (Å²) in [7, 11) is 0. The number of nitrogens with one attached hydrogen (secondary N) is 2. The number of nitrogens with zero attached hydrogens (tertiary/aromatic N) is 2. The predicted molar refractivity (Wildman–Crippen MR) is 303 cm³/mol. The molecule has 21 heteroatoms. The molecule has 0 radical (unpaired) electrons. The fraction of sp³-hybridized carbons (Fsp3) is 0. The fourth-order valence-corrected chi connectivity index (χ4v) is 13.7. The van der Waals surface area contributed by atoms with E-state index in [0.717, 1.165) is 0 Å². The number of hydrogen-bond acceptors (Lipinski definition) is 2. The minimum Gasteiger partial charge on any atom is -0.352 e. The SMILES string of the molecule is Clc1cccc(Cl)c1-c1c2nc(c(-c3c(Cl)cccc3Cl)c3[nH]c(c(Br)c3Br)c(-c3c(Cl)cccc3Cl)c3nc(c(-c4c(Cl)cccc4Cl)c4[nH]c1c(Br)c4Br)C(Br)=C3Br)C(Br)=C2Br.[Fe]. The molecule has 0 saturated carbocycles. The zero-order valence-electron chi connectivity index (χ0n) is 31.2. The first kappa shape index (κ1) is 51.5. The quantitative estimate of drug-likeness (QED) is 0.173. The van der Waals surface area contributed by atoms with Crippen LogP contribution in [0.1, 0.15) is 22.8 Å². The van der Waals surface area contributed by atoms with Crippen molar-refractivity contribution in [3.05, 3.63) is 154 Å². The Labute approximate surface area is 488 Å². The predicted octanol–water partition coefficient (Wildman–Crippen LogP) is 22.5. The molecule has 0 unspecified atom stereocenters. The van der Waals surface area contributed by atoms with Crippen LogP contribution in [0.5, 0.6) is 0 Å². The van der Waals surface area contributed by atoms with Crippen LogP contribution in [0.3, 0.4) is 0 Å². The van der Waals surface area contributed by atoms with Crippen LogP contribution in [0.15, 0.2) is 90.7 Å². The van der Waals surface area contributed by atoms with E-state index >= 15 is 0 Å². The third-order valence-corrected chi connectivity index (χ3v) is 21.1. The summed E-state index contributed by atoms with van der Waals surface area (Å²) in [5, 5.41) is 2.86. The number of H-pyrrole nitrogens is 2. The monoisotopic (exact) mass is 1570 g/mol. The summed E-state index contributed by atoms with van der Waals surface area (Å²) >= 11 is 88.5. The second-order valence-electron chi connectivity index (χ2n) is 13.8. The number of aromatic nitrogens is 4. The van der Waals surface area contributed by atoms with Crippen molar-refractivity contribution in [1.29, 1.82) is 0 Å². The zero-order chi connectivity index (χ0) is 45.8. The van der Waals surface area contributed by atoms with Crippen molar-refractivity contribution in [1.82, 2.24) is 19.9 Å². The average Bonchev–Trinajstić information content (AvgIpc) is 3.91. The molecule has 2 aliphatic heterocycles. The van der Waals surface area contributed by atoms with Gasteiger partial charge in [-0.1, -0.05) is 117 Å². The van der Waals surface area contributed by atoms with E-state index < -0.39 is 0 Å². The smallest absolute Gasteiger partial charge is 0.0892 e. The Kier molecular flexibility index (Phi) is 16.1. The zero-order valence-corrected chi connectivity index (χ0v) is 51.1. The molecule has 330 valence electrons. The van der Waals surface area contributed by atoms with Crippen LogP contribution in [0.25, 0.3) is 84.5 Å². The summed E-state index contributed by atoms with van der Waals surface area (Å²) in [6.45, 7) is 0. The van der Waals surface area contributed by atoms with Gasteiger partial charge in [-0.2, -0.15) is 0 Å². The molecule has 2 aliphatic rings. The molecule has 3 aromatic heterocycles. The van der Waals surface area contributed by atoms with Gasteiger partial charge in [0.25, 0.3) is 0 Å². The van der Waals surface area contributed by atoms with Gasteiger partial charge in [-0.05, 0) is 176 Å². The van der Waals surface area contributed by atoms with Crippen molar-refractivity contribution in [3.8, 4) is 44.5 Å². The summed E-state index contributed by atoms with van der Waals surface area (Å²) in [6, 6.07) is 21.2. The Morgan fingerprint density at radius 1 is 0.292 bits per heavy atom. The molecular weight excluding hydrogens is 1560 g/mol. The van der Waals surface area contributed by atoms with Crippen molar-refractivity contribution in [2.75, 3.05) is 0 Å². The Balaban J connectivity index is 0.00000576. The Morgan fingerprint density at radius 2 is 0.462 bits per heavy atom. The molecule has 0 atom stereocenters. The van der Waals surface area contributed by atoms with Crippen LogP contribution >= 0.6 is 220 Å². The van der Waals surface area contributed by atoms with Crippen LogP contribution in [0, 0.1) is 0 Å². The van der Waals surface area contributed by atoms with Crippen LogP contribution in [0.4, 0.5) is 0 Å². The topological polar surface area (TPSA) is 57.4 Å². The minimum atomic E-state index is 0. The average molecular weight is 1580 g/mol. The number of fused-ring (bicyclic) bond motifs is 8. The van der Waals surface area contributed by atoms with Gasteiger partial charge < -0.3 is 9.97 Å². The molecule has 0 fully saturated rings. The van der Waals surface area contributed by atoms with Crippen molar-refractivity contribution in [2.24, 2.45) is 0 Å². The molecule has 4 nitrogen and oxygen atoms in total. The molecule has 0 aliphatic carbocycles. The van der Waals surface area contributed by atoms with Crippen LogP contribution in [-0.2, 0) is 17.1 Å². The number of rotatable bonds is 4. The third kappa shape index (κ3) is 8.77. The first-order valence-corrected chi connectivity index (χ1v) is 27.3. The van der Waals surface area contributed by atoms with Crippen LogP contribution < -0.4 is 0 Å². The van der Waals surface area contributed by atoms with Gasteiger partial charge in [0.2, 0.25) is 0 Å². The van der Waals surface area contributed by atoms with Gasteiger partial charge in [0.05, 0.1) is 121 Å². The number of benzene rings is 4. The van der Waals surface area contributed by atoms with E-state index in [4.69, 9.17) is 103 Å². The molecule has 65 heavy (non-hydrogen) atoms. The van der Waals surface area contributed by atoms with Gasteiger partial charge in [0, 0.05) is 61.6 Å². The number of aromatic amines is 2. The molecule has 9 rings (SSSR count). The number of hydrogen-bond donors (Lipinski definition) is 2. The van der Waals surface area contributed by atoms with E-state index in [9.17, 15) is 0 Å². The van der Waals surface area contributed by atoms with Crippen LogP contribution in [0.2, 0.25) is 40.2 Å². The minimum absolute atomic E-state index is 0. The molecule has 4 aromatic carbocycles. The second-order valence-corrected chi connectivity index (χ2v) is 23.4. The molecule has 7 aromatic rings. The van der Waals surface area contributed by atoms with Gasteiger partial charge in [-0.3, -0.25) is 0 Å². The maximum Gasteiger partial charge on any atom is 0.0892 e. The fourth-order valence-electron chi connectivity index (χ4n) is 7.49. The molecule has 0 amide bonds. The first-order valence-electron chi connectivity index (χ1n) is 17.9. The van der Waals surface area contributed by atoms with Gasteiger partial charge in [0.1, 0.15) is 0 Å². The molecule has 8 bridgehead atoms. The first-order chi connectivity index (χ1) is 30.4. The van der Waals surface area contributed by atoms with Crippen molar-refractivity contribution < 1.29 is 17.1 Å². The van der Waals surface area contributed by atoms with Crippen LogP contribution in [-0.4, -0.2) is 19.9 Å². The summed E-state index contributed by atoms with van der Waals surface area (Å²) in [4.78, 5) is 18.3. The molecule has 0 spiro atoms. The molecule has 2 N–H and O–H groups in total. The second kappa shape index (κ2) is 20.3. The largest absolute Gasteiger partial charge is 0.352 e. The standard InChI is InChI=1S/C44H14Br8Cl8N4.Fe/c45-29-31(47)39-26(22-15(55)7-2-8-16(22)56)41-33(49)35(51)43(63-41)28(24-19(59)11-4-12-20(24)60)44-36(52)34(50)42(64-44)27(23-17(57)9-3-10-18(23)58)40-32(48)30(46)38(62-40)25(37(29)61-39)21-13(53)5-1-6-14(21)54;/h1-12,61,64H;. The van der Waals surface area contributed by atoms with E-state index in [1.54, 1.807) is 72.8 Å². The Morgan fingerprint density at radius 3 is 0.631 bits per heavy atom. The number of halogens is 16. The summed E-state index contributed by atoms with van der Waals surface area (Å²) in [6.07, 6.45) is 0. The van der Waals surface area contributed by atoms with E-state index in [1.807, 2.05) is 0 Å². The van der Waals surface area contributed by atoms with Gasteiger partial charge >= 0.3 is 0 Å². The summed E-state index contributed by atoms with van der Waals surface area (Å²) < 4.78 is 4.57. The van der Waals surface area contributed by atoms with Crippen molar-refractivity contribution in [2.45, 2.75) is 0 Å². The van der Waals surface area contributed by atoms with E-state index in [0.29, 0.717) is 165 Å². The maximum absolute atomic E-state index is 7.13. The summed E-state index contributed by atoms with van der Waals surface area (Å²) in [5.74, 6) is 0. The van der Waals surface area contributed by atoms with E-state index in [1.165, 1.54) is 0 Å². The van der Waals surface area contributed by atoms with Crippen molar-refractivity contribution in [3.63, 3.8) is 0 Å². The molecular formula is C44H14Br8Cl8FeN4. The Bertz CT molecular complexity index is 2980. The molecule has 0 saturated heterocycles. The van der Waals surface area contributed by atoms with Gasteiger partial charge in [0.15, 0.2) is 0 Å².